The fourth-order valence-electron chi connectivity index (χ4n) is 3.55. The summed E-state index contributed by atoms with van der Waals surface area (Å²) in [6, 6.07) is 4.99. The number of nitrogens with zero attached hydrogens (tertiary/aromatic N) is 1. The summed E-state index contributed by atoms with van der Waals surface area (Å²) in [5, 5.41) is 6.66. The molecule has 2 heterocycles. The Balaban J connectivity index is 2.05. The first kappa shape index (κ1) is 25.4. The van der Waals surface area contributed by atoms with E-state index in [-0.39, 0.29) is 25.3 Å². The average Bonchev–Trinajstić information content (AvgIpc) is 3.23. The summed E-state index contributed by atoms with van der Waals surface area (Å²) in [4.78, 5) is 24.3. The van der Waals surface area contributed by atoms with Crippen LogP contribution in [0.5, 0.6) is 0 Å². The number of rotatable bonds is 7. The van der Waals surface area contributed by atoms with Crippen molar-refractivity contribution in [3.63, 3.8) is 0 Å². The van der Waals surface area contributed by atoms with Crippen molar-refractivity contribution >= 4 is 46.2 Å². The van der Waals surface area contributed by atoms with Gasteiger partial charge in [-0.15, -0.1) is 0 Å². The van der Waals surface area contributed by atoms with Gasteiger partial charge in [-0.2, -0.15) is 0 Å². The van der Waals surface area contributed by atoms with Crippen molar-refractivity contribution < 1.29 is 23.3 Å². The lowest BCUT2D eigenvalue weighted by Gasteiger charge is -2.14. The van der Waals surface area contributed by atoms with E-state index in [1.807, 2.05) is 32.3 Å². The molecule has 0 fully saturated rings. The summed E-state index contributed by atoms with van der Waals surface area (Å²) in [6.45, 7) is 7.57. The first-order chi connectivity index (χ1) is 15.6. The molecule has 0 saturated carbocycles. The number of carbonyl (C=O) groups is 2. The molecule has 0 bridgehead atoms. The fraction of sp³-hybridized carbons (Fsp3) is 0.455. The van der Waals surface area contributed by atoms with E-state index in [4.69, 9.17) is 32.7 Å². The highest BCUT2D eigenvalue weighted by atomic mass is 35.5. The molecule has 2 aromatic rings. The van der Waals surface area contributed by atoms with Gasteiger partial charge in [0, 0.05) is 41.1 Å². The van der Waals surface area contributed by atoms with Crippen LogP contribution in [-0.4, -0.2) is 38.8 Å². The highest BCUT2D eigenvalue weighted by molar-refractivity contribution is 7.85. The third kappa shape index (κ3) is 6.02. The molecule has 1 aliphatic rings. The average molecular weight is 516 g/mol. The van der Waals surface area contributed by atoms with Gasteiger partial charge in [-0.3, -0.25) is 4.21 Å². The van der Waals surface area contributed by atoms with E-state index >= 15 is 0 Å². The van der Waals surface area contributed by atoms with Gasteiger partial charge in [-0.05, 0) is 39.8 Å². The number of alkyl carbamates (subject to hydrolysis) is 2. The number of halogens is 2. The lowest BCUT2D eigenvalue weighted by Crippen LogP contribution is -2.31. The van der Waals surface area contributed by atoms with Crippen molar-refractivity contribution in [1.82, 2.24) is 15.2 Å². The first-order valence-electron chi connectivity index (χ1n) is 10.5. The van der Waals surface area contributed by atoms with Crippen molar-refractivity contribution in [3.05, 3.63) is 39.4 Å². The normalized spacial score (nSPS) is 15.0. The standard InChI is InChI=1S/C22H27Cl2N3O5S/c1-12(2)25-21(28)31-10-15-16(11-32-22(29)26-13(3)4)20-27(7-8-33(20)30)19(15)14-5-6-17(23)18(24)9-14/h5-6,9,12-13H,7-8,10-11H2,1-4H3,(H,25,28)(H,26,29)/t33-/m0/s1. The van der Waals surface area contributed by atoms with Crippen LogP contribution in [0.2, 0.25) is 10.0 Å². The molecule has 2 N–H and O–H groups in total. The Bertz CT molecular complexity index is 1080. The Morgan fingerprint density at radius 1 is 1.00 bits per heavy atom. The molecule has 0 saturated heterocycles. The third-order valence-corrected chi connectivity index (χ3v) is 7.03. The second-order valence-electron chi connectivity index (χ2n) is 8.19. The van der Waals surface area contributed by atoms with E-state index in [0.29, 0.717) is 44.2 Å². The second kappa shape index (κ2) is 10.8. The number of nitrogens with one attached hydrogen (secondary N) is 2. The molecule has 0 unspecified atom stereocenters. The number of hydrogen-bond donors (Lipinski definition) is 2. The molecule has 0 aliphatic carbocycles. The maximum Gasteiger partial charge on any atom is 0.407 e. The summed E-state index contributed by atoms with van der Waals surface area (Å²) in [5.41, 5.74) is 2.59. The van der Waals surface area contributed by atoms with Gasteiger partial charge in [0.05, 0.1) is 26.5 Å². The molecule has 0 radical (unpaired) electrons. The minimum absolute atomic E-state index is 0.0962. The molecule has 2 amide bonds. The molecule has 1 aromatic heterocycles. The maximum atomic E-state index is 12.9. The van der Waals surface area contributed by atoms with Gasteiger partial charge in [-0.25, -0.2) is 9.59 Å². The van der Waals surface area contributed by atoms with Crippen LogP contribution < -0.4 is 10.6 Å². The van der Waals surface area contributed by atoms with E-state index in [2.05, 4.69) is 10.6 Å². The van der Waals surface area contributed by atoms with Crippen molar-refractivity contribution in [2.24, 2.45) is 0 Å². The monoisotopic (exact) mass is 515 g/mol. The quantitative estimate of drug-likeness (QED) is 0.548. The molecule has 33 heavy (non-hydrogen) atoms. The fourth-order valence-corrected chi connectivity index (χ4v) is 5.28. The predicted octanol–water partition coefficient (Wildman–Crippen LogP) is 4.85. The summed E-state index contributed by atoms with van der Waals surface area (Å²) < 4.78 is 25.7. The molecule has 3 rings (SSSR count). The van der Waals surface area contributed by atoms with Crippen LogP contribution in [0.3, 0.4) is 0 Å². The van der Waals surface area contributed by atoms with E-state index in [0.717, 1.165) is 5.56 Å². The van der Waals surface area contributed by atoms with Crippen molar-refractivity contribution in [1.29, 1.82) is 0 Å². The highest BCUT2D eigenvalue weighted by Gasteiger charge is 2.32. The van der Waals surface area contributed by atoms with Gasteiger partial charge in [-0.1, -0.05) is 29.3 Å². The molecule has 180 valence electrons. The summed E-state index contributed by atoms with van der Waals surface area (Å²) in [6.07, 6.45) is -1.17. The minimum Gasteiger partial charge on any atom is -0.445 e. The Kier molecular flexibility index (Phi) is 8.31. The molecule has 1 aromatic carbocycles. The van der Waals surface area contributed by atoms with Crippen molar-refractivity contribution in [2.75, 3.05) is 5.75 Å². The summed E-state index contributed by atoms with van der Waals surface area (Å²) in [5.74, 6) is 0.434. The molecular weight excluding hydrogens is 489 g/mol. The van der Waals surface area contributed by atoms with E-state index in [9.17, 15) is 13.8 Å². The SMILES string of the molecule is CC(C)NC(=O)OCc1c(COC(=O)NC(C)C)c2n(c1-c1ccc(Cl)c(Cl)c1)CC[S@@]2=O. The van der Waals surface area contributed by atoms with E-state index < -0.39 is 23.0 Å². The second-order valence-corrected chi connectivity index (χ2v) is 10.5. The van der Waals surface area contributed by atoms with Gasteiger partial charge >= 0.3 is 12.2 Å². The minimum atomic E-state index is -1.30. The van der Waals surface area contributed by atoms with Gasteiger partial charge < -0.3 is 24.7 Å². The Hall–Kier alpha value is -2.23. The van der Waals surface area contributed by atoms with Crippen LogP contribution in [0.15, 0.2) is 23.2 Å². The van der Waals surface area contributed by atoms with Crippen molar-refractivity contribution in [3.8, 4) is 11.3 Å². The molecule has 8 nitrogen and oxygen atoms in total. The number of ether oxygens (including phenoxy) is 2. The number of amides is 2. The number of hydrogen-bond acceptors (Lipinski definition) is 5. The number of benzene rings is 1. The molecule has 1 aliphatic heterocycles. The van der Waals surface area contributed by atoms with E-state index in [1.165, 1.54) is 0 Å². The Morgan fingerprint density at radius 3 is 2.12 bits per heavy atom. The van der Waals surface area contributed by atoms with Crippen LogP contribution in [0, 0.1) is 0 Å². The Morgan fingerprint density at radius 2 is 1.58 bits per heavy atom. The molecule has 11 heteroatoms. The smallest absolute Gasteiger partial charge is 0.407 e. The summed E-state index contributed by atoms with van der Waals surface area (Å²) >= 11 is 12.4. The van der Waals surface area contributed by atoms with Gasteiger partial charge in [0.1, 0.15) is 18.2 Å². The number of aromatic nitrogens is 1. The van der Waals surface area contributed by atoms with Gasteiger partial charge in [0.2, 0.25) is 0 Å². The predicted molar refractivity (Wildman–Crippen MR) is 128 cm³/mol. The maximum absolute atomic E-state index is 12.9. The van der Waals surface area contributed by atoms with Crippen LogP contribution >= 0.6 is 23.2 Å². The first-order valence-corrected chi connectivity index (χ1v) is 12.6. The zero-order valence-electron chi connectivity index (χ0n) is 18.9. The van der Waals surface area contributed by atoms with Crippen LogP contribution in [0.25, 0.3) is 11.3 Å². The van der Waals surface area contributed by atoms with Crippen LogP contribution in [0.4, 0.5) is 9.59 Å². The van der Waals surface area contributed by atoms with Gasteiger partial charge in [0.15, 0.2) is 0 Å². The zero-order valence-corrected chi connectivity index (χ0v) is 21.2. The zero-order chi connectivity index (χ0) is 24.3. The molecule has 0 spiro atoms. The lowest BCUT2D eigenvalue weighted by molar-refractivity contribution is 0.129. The Labute approximate surface area is 205 Å². The largest absolute Gasteiger partial charge is 0.445 e. The van der Waals surface area contributed by atoms with Crippen LogP contribution in [0.1, 0.15) is 38.8 Å². The summed E-state index contributed by atoms with van der Waals surface area (Å²) in [7, 11) is -1.30. The molecular formula is C22H27Cl2N3O5S. The number of fused-ring (bicyclic) bond motifs is 1. The molecule has 1 atom stereocenters. The van der Waals surface area contributed by atoms with E-state index in [1.54, 1.807) is 18.2 Å². The third-order valence-electron chi connectivity index (χ3n) is 4.84. The van der Waals surface area contributed by atoms with Crippen LogP contribution in [-0.2, 0) is 40.0 Å². The number of carbonyl (C=O) groups excluding carboxylic acids is 2. The highest BCUT2D eigenvalue weighted by Crippen LogP contribution is 2.39. The topological polar surface area (TPSA) is 98.7 Å². The lowest BCUT2D eigenvalue weighted by atomic mass is 10.1. The van der Waals surface area contributed by atoms with Crippen molar-refractivity contribution in [2.45, 2.75) is 64.6 Å². The van der Waals surface area contributed by atoms with Gasteiger partial charge in [0.25, 0.3) is 0 Å².